The highest BCUT2D eigenvalue weighted by Gasteiger charge is 2.33. The molecular weight excluding hydrogens is 245 g/mol. The molecular formula is C11H17F3N4. The summed E-state index contributed by atoms with van der Waals surface area (Å²) in [7, 11) is 0. The molecule has 0 aromatic carbocycles. The van der Waals surface area contributed by atoms with Crippen molar-refractivity contribution in [3.05, 3.63) is 11.8 Å². The average molecular weight is 262 g/mol. The predicted octanol–water partition coefficient (Wildman–Crippen LogP) is 3.14. The minimum atomic E-state index is -4.47. The van der Waals surface area contributed by atoms with Gasteiger partial charge < -0.3 is 10.6 Å². The lowest BCUT2D eigenvalue weighted by Gasteiger charge is -2.14. The van der Waals surface area contributed by atoms with Crippen LogP contribution < -0.4 is 10.6 Å². The summed E-state index contributed by atoms with van der Waals surface area (Å²) in [6.45, 7) is 6.10. The van der Waals surface area contributed by atoms with Gasteiger partial charge in [0.15, 0.2) is 5.69 Å². The number of hydrogen-bond donors (Lipinski definition) is 2. The van der Waals surface area contributed by atoms with Gasteiger partial charge in [0.2, 0.25) is 5.95 Å². The second-order valence-electron chi connectivity index (χ2n) is 4.19. The van der Waals surface area contributed by atoms with E-state index in [1.165, 1.54) is 0 Å². The lowest BCUT2D eigenvalue weighted by atomic mass is 10.3. The van der Waals surface area contributed by atoms with Crippen LogP contribution in [-0.2, 0) is 6.18 Å². The van der Waals surface area contributed by atoms with E-state index in [2.05, 4.69) is 20.6 Å². The van der Waals surface area contributed by atoms with Crippen LogP contribution in [0.2, 0.25) is 0 Å². The Morgan fingerprint density at radius 3 is 2.44 bits per heavy atom. The van der Waals surface area contributed by atoms with Crippen molar-refractivity contribution in [2.45, 2.75) is 39.4 Å². The van der Waals surface area contributed by atoms with Gasteiger partial charge in [0, 0.05) is 18.7 Å². The summed E-state index contributed by atoms with van der Waals surface area (Å²) in [5.41, 5.74) is -0.945. The third-order valence-corrected chi connectivity index (χ3v) is 1.99. The van der Waals surface area contributed by atoms with Gasteiger partial charge in [-0.05, 0) is 20.3 Å². The second kappa shape index (κ2) is 5.88. The fraction of sp³-hybridized carbons (Fsp3) is 0.636. The first-order chi connectivity index (χ1) is 8.32. The summed E-state index contributed by atoms with van der Waals surface area (Å²) in [6.07, 6.45) is -3.69. The number of nitrogens with zero attached hydrogens (tertiary/aromatic N) is 2. The van der Waals surface area contributed by atoms with Crippen LogP contribution in [0.1, 0.15) is 32.9 Å². The Bertz CT molecular complexity index is 390. The van der Waals surface area contributed by atoms with Crippen LogP contribution in [0.5, 0.6) is 0 Å². The van der Waals surface area contributed by atoms with Gasteiger partial charge in [-0.1, -0.05) is 6.92 Å². The van der Waals surface area contributed by atoms with Crippen molar-refractivity contribution in [1.29, 1.82) is 0 Å². The summed E-state index contributed by atoms with van der Waals surface area (Å²) in [6, 6.07) is 0.914. The van der Waals surface area contributed by atoms with Crippen LogP contribution in [0.3, 0.4) is 0 Å². The molecule has 0 unspecified atom stereocenters. The van der Waals surface area contributed by atoms with Gasteiger partial charge in [-0.3, -0.25) is 0 Å². The average Bonchev–Trinajstić information content (AvgIpc) is 2.24. The molecule has 0 atom stereocenters. The number of halogens is 3. The van der Waals surface area contributed by atoms with Crippen molar-refractivity contribution in [2.75, 3.05) is 17.2 Å². The molecule has 4 nitrogen and oxygen atoms in total. The summed E-state index contributed by atoms with van der Waals surface area (Å²) in [5, 5.41) is 5.60. The molecule has 2 N–H and O–H groups in total. The van der Waals surface area contributed by atoms with Crippen molar-refractivity contribution < 1.29 is 13.2 Å². The number of hydrogen-bond acceptors (Lipinski definition) is 4. The van der Waals surface area contributed by atoms with Crippen molar-refractivity contribution in [2.24, 2.45) is 0 Å². The van der Waals surface area contributed by atoms with Gasteiger partial charge in [-0.2, -0.15) is 18.2 Å². The minimum Gasteiger partial charge on any atom is -0.368 e. The monoisotopic (exact) mass is 262 g/mol. The zero-order valence-corrected chi connectivity index (χ0v) is 10.6. The maximum Gasteiger partial charge on any atom is 0.433 e. The van der Waals surface area contributed by atoms with E-state index < -0.39 is 11.9 Å². The molecule has 0 saturated carbocycles. The fourth-order valence-electron chi connectivity index (χ4n) is 1.28. The molecule has 0 bridgehead atoms. The Balaban J connectivity index is 3.03. The van der Waals surface area contributed by atoms with Crippen LogP contribution >= 0.6 is 0 Å². The number of nitrogens with one attached hydrogen (secondary N) is 2. The molecule has 0 aliphatic heterocycles. The molecule has 1 aromatic rings. The third kappa shape index (κ3) is 4.38. The van der Waals surface area contributed by atoms with E-state index in [4.69, 9.17) is 0 Å². The van der Waals surface area contributed by atoms with Crippen LogP contribution in [0.25, 0.3) is 0 Å². The van der Waals surface area contributed by atoms with E-state index in [-0.39, 0.29) is 17.8 Å². The Morgan fingerprint density at radius 2 is 1.94 bits per heavy atom. The number of anilines is 2. The number of aromatic nitrogens is 2. The summed E-state index contributed by atoms with van der Waals surface area (Å²) in [5.74, 6) is 0.167. The van der Waals surface area contributed by atoms with Gasteiger partial charge in [-0.25, -0.2) is 4.98 Å². The SMILES string of the molecule is CCCNc1nc(NC(C)C)cc(C(F)(F)F)n1. The molecule has 0 radical (unpaired) electrons. The number of rotatable bonds is 5. The largest absolute Gasteiger partial charge is 0.433 e. The van der Waals surface area contributed by atoms with Gasteiger partial charge in [-0.15, -0.1) is 0 Å². The molecule has 18 heavy (non-hydrogen) atoms. The normalized spacial score (nSPS) is 11.7. The van der Waals surface area contributed by atoms with Gasteiger partial charge in [0.05, 0.1) is 0 Å². The van der Waals surface area contributed by atoms with E-state index in [9.17, 15) is 13.2 Å². The molecule has 0 amide bonds. The molecule has 0 fully saturated rings. The molecule has 0 aliphatic carbocycles. The lowest BCUT2D eigenvalue weighted by Crippen LogP contribution is -2.17. The summed E-state index contributed by atoms with van der Waals surface area (Å²) in [4.78, 5) is 7.45. The molecule has 102 valence electrons. The van der Waals surface area contributed by atoms with Gasteiger partial charge in [0.25, 0.3) is 0 Å². The second-order valence-corrected chi connectivity index (χ2v) is 4.19. The standard InChI is InChI=1S/C11H17F3N4/c1-4-5-15-10-17-8(11(12,13)14)6-9(18-10)16-7(2)3/h6-7H,4-5H2,1-3H3,(H2,15,16,17,18). The first kappa shape index (κ1) is 14.5. The highest BCUT2D eigenvalue weighted by atomic mass is 19.4. The third-order valence-electron chi connectivity index (χ3n) is 1.99. The topological polar surface area (TPSA) is 49.8 Å². The lowest BCUT2D eigenvalue weighted by molar-refractivity contribution is -0.141. The van der Waals surface area contributed by atoms with Gasteiger partial charge in [0.1, 0.15) is 5.82 Å². The first-order valence-electron chi connectivity index (χ1n) is 5.79. The Hall–Kier alpha value is -1.53. The van der Waals surface area contributed by atoms with Gasteiger partial charge >= 0.3 is 6.18 Å². The van der Waals surface area contributed by atoms with E-state index in [1.807, 2.05) is 20.8 Å². The first-order valence-corrected chi connectivity index (χ1v) is 5.79. The van der Waals surface area contributed by atoms with E-state index in [1.54, 1.807) is 0 Å². The molecule has 0 spiro atoms. The Labute approximate surface area is 104 Å². The van der Waals surface area contributed by atoms with E-state index in [0.717, 1.165) is 12.5 Å². The van der Waals surface area contributed by atoms with Crippen molar-refractivity contribution in [3.8, 4) is 0 Å². The van der Waals surface area contributed by atoms with Crippen molar-refractivity contribution >= 4 is 11.8 Å². The van der Waals surface area contributed by atoms with E-state index in [0.29, 0.717) is 6.54 Å². The summed E-state index contributed by atoms with van der Waals surface area (Å²) < 4.78 is 38.0. The molecule has 0 aliphatic rings. The molecule has 0 saturated heterocycles. The molecule has 7 heteroatoms. The molecule has 1 heterocycles. The zero-order valence-electron chi connectivity index (χ0n) is 10.6. The van der Waals surface area contributed by atoms with E-state index >= 15 is 0 Å². The molecule has 1 rings (SSSR count). The maximum atomic E-state index is 12.7. The zero-order chi connectivity index (χ0) is 13.8. The van der Waals surface area contributed by atoms with Crippen molar-refractivity contribution in [1.82, 2.24) is 9.97 Å². The smallest absolute Gasteiger partial charge is 0.368 e. The fourth-order valence-corrected chi connectivity index (χ4v) is 1.28. The van der Waals surface area contributed by atoms with Crippen LogP contribution in [0.15, 0.2) is 6.07 Å². The Morgan fingerprint density at radius 1 is 1.28 bits per heavy atom. The van der Waals surface area contributed by atoms with Crippen LogP contribution in [0.4, 0.5) is 24.9 Å². The van der Waals surface area contributed by atoms with Crippen molar-refractivity contribution in [3.63, 3.8) is 0 Å². The highest BCUT2D eigenvalue weighted by Crippen LogP contribution is 2.29. The minimum absolute atomic E-state index is 0.00000816. The maximum absolute atomic E-state index is 12.7. The highest BCUT2D eigenvalue weighted by molar-refractivity contribution is 5.43. The number of alkyl halides is 3. The molecule has 1 aromatic heterocycles. The van der Waals surface area contributed by atoms with Crippen LogP contribution in [-0.4, -0.2) is 22.6 Å². The Kier molecular flexibility index (Phi) is 4.75. The van der Waals surface area contributed by atoms with Crippen LogP contribution in [0, 0.1) is 0 Å². The predicted molar refractivity (Wildman–Crippen MR) is 64.6 cm³/mol. The summed E-state index contributed by atoms with van der Waals surface area (Å²) >= 11 is 0. The quantitative estimate of drug-likeness (QED) is 0.856.